The zero-order chi connectivity index (χ0) is 10.6. The number of ether oxygens (including phenoxy) is 1. The molecule has 76 valence electrons. The highest BCUT2D eigenvalue weighted by Gasteiger charge is 2.09. The van der Waals surface area contributed by atoms with Gasteiger partial charge in [-0.2, -0.15) is 0 Å². The maximum atomic E-state index is 11.2. The number of carbonyl (C=O) groups excluding carboxylic acids is 1. The Kier molecular flexibility index (Phi) is 3.30. The lowest BCUT2D eigenvalue weighted by atomic mass is 10.2. The van der Waals surface area contributed by atoms with Crippen LogP contribution >= 0.6 is 0 Å². The molecule has 14 heavy (non-hydrogen) atoms. The molecule has 0 amide bonds. The minimum Gasteiger partial charge on any atom is -0.508 e. The summed E-state index contributed by atoms with van der Waals surface area (Å²) in [5.41, 5.74) is 0.0379. The summed E-state index contributed by atoms with van der Waals surface area (Å²) in [4.78, 5) is 11.2. The fourth-order valence-corrected chi connectivity index (χ4v) is 0.935. The summed E-state index contributed by atoms with van der Waals surface area (Å²) in [6, 6.07) is 3.43. The number of hydrogen-bond donors (Lipinski definition) is 3. The van der Waals surface area contributed by atoms with Gasteiger partial charge in [0.2, 0.25) is 0 Å². The number of aliphatic hydroxyl groups is 1. The molecule has 0 bridgehead atoms. The third kappa shape index (κ3) is 2.63. The number of esters is 1. The van der Waals surface area contributed by atoms with Crippen molar-refractivity contribution in [2.24, 2.45) is 0 Å². The second kappa shape index (κ2) is 4.48. The molecule has 5 heteroatoms. The molecular weight excluding hydrogens is 188 g/mol. The van der Waals surface area contributed by atoms with Crippen LogP contribution in [-0.4, -0.2) is 34.5 Å². The Morgan fingerprint density at radius 2 is 1.79 bits per heavy atom. The standard InChI is InChI=1S/C9H10O5/c10-1-2-14-9(13)6-3-7(11)5-8(12)4-6/h3-5,10-12H,1-2H2. The highest BCUT2D eigenvalue weighted by molar-refractivity contribution is 5.90. The number of benzene rings is 1. The van der Waals surface area contributed by atoms with Crippen LogP contribution in [0.15, 0.2) is 18.2 Å². The number of aliphatic hydroxyl groups excluding tert-OH is 1. The van der Waals surface area contributed by atoms with Gasteiger partial charge in [-0.25, -0.2) is 4.79 Å². The minimum atomic E-state index is -0.703. The van der Waals surface area contributed by atoms with Gasteiger partial charge in [0.25, 0.3) is 0 Å². The first kappa shape index (κ1) is 10.3. The molecule has 0 spiro atoms. The second-order valence-corrected chi connectivity index (χ2v) is 2.60. The van der Waals surface area contributed by atoms with Crippen molar-refractivity contribution in [3.05, 3.63) is 23.8 Å². The van der Waals surface area contributed by atoms with Crippen molar-refractivity contribution in [2.45, 2.75) is 0 Å². The molecule has 0 unspecified atom stereocenters. The second-order valence-electron chi connectivity index (χ2n) is 2.60. The minimum absolute atomic E-state index is 0.0379. The van der Waals surface area contributed by atoms with Crippen molar-refractivity contribution in [1.82, 2.24) is 0 Å². The Labute approximate surface area is 80.2 Å². The van der Waals surface area contributed by atoms with Crippen LogP contribution in [0.4, 0.5) is 0 Å². The number of aromatic hydroxyl groups is 2. The summed E-state index contributed by atoms with van der Waals surface area (Å²) in [6.45, 7) is -0.383. The number of rotatable bonds is 3. The van der Waals surface area contributed by atoms with E-state index in [1.165, 1.54) is 12.1 Å². The first-order valence-corrected chi connectivity index (χ1v) is 3.94. The van der Waals surface area contributed by atoms with Gasteiger partial charge in [-0.15, -0.1) is 0 Å². The van der Waals surface area contributed by atoms with Crippen molar-refractivity contribution in [3.8, 4) is 11.5 Å². The van der Waals surface area contributed by atoms with Crippen molar-refractivity contribution >= 4 is 5.97 Å². The molecule has 0 heterocycles. The van der Waals surface area contributed by atoms with Crippen LogP contribution in [0.25, 0.3) is 0 Å². The summed E-state index contributed by atoms with van der Waals surface area (Å²) >= 11 is 0. The highest BCUT2D eigenvalue weighted by Crippen LogP contribution is 2.20. The van der Waals surface area contributed by atoms with E-state index in [0.29, 0.717) is 0 Å². The number of hydrogen-bond acceptors (Lipinski definition) is 5. The number of carbonyl (C=O) groups is 1. The molecule has 5 nitrogen and oxygen atoms in total. The van der Waals surface area contributed by atoms with Crippen LogP contribution in [0.1, 0.15) is 10.4 Å². The molecule has 0 saturated heterocycles. The van der Waals surface area contributed by atoms with Gasteiger partial charge in [-0.05, 0) is 12.1 Å². The molecule has 1 aromatic carbocycles. The average molecular weight is 198 g/mol. The molecular formula is C9H10O5. The fourth-order valence-electron chi connectivity index (χ4n) is 0.935. The average Bonchev–Trinajstić information content (AvgIpc) is 2.12. The topological polar surface area (TPSA) is 87.0 Å². The predicted octanol–water partition coefficient (Wildman–Crippen LogP) is 0.247. The molecule has 1 rings (SSSR count). The predicted molar refractivity (Wildman–Crippen MR) is 47.1 cm³/mol. The van der Waals surface area contributed by atoms with E-state index in [0.717, 1.165) is 6.07 Å². The maximum Gasteiger partial charge on any atom is 0.338 e. The van der Waals surface area contributed by atoms with Crippen molar-refractivity contribution in [3.63, 3.8) is 0 Å². The molecule has 0 saturated carbocycles. The van der Waals surface area contributed by atoms with Gasteiger partial charge in [0.1, 0.15) is 18.1 Å². The molecule has 0 atom stereocenters. The smallest absolute Gasteiger partial charge is 0.338 e. The van der Waals surface area contributed by atoms with E-state index in [9.17, 15) is 4.79 Å². The summed E-state index contributed by atoms with van der Waals surface area (Å²) in [7, 11) is 0. The van der Waals surface area contributed by atoms with Crippen LogP contribution in [0.2, 0.25) is 0 Å². The zero-order valence-electron chi connectivity index (χ0n) is 7.30. The molecule has 0 aliphatic rings. The molecule has 3 N–H and O–H groups in total. The fraction of sp³-hybridized carbons (Fsp3) is 0.222. The van der Waals surface area contributed by atoms with Gasteiger partial charge in [0.15, 0.2) is 0 Å². The molecule has 0 aliphatic heterocycles. The Morgan fingerprint density at radius 3 is 2.29 bits per heavy atom. The SMILES string of the molecule is O=C(OCCO)c1cc(O)cc(O)c1. The van der Waals surface area contributed by atoms with Gasteiger partial charge in [-0.3, -0.25) is 0 Å². The van der Waals surface area contributed by atoms with Gasteiger partial charge < -0.3 is 20.1 Å². The first-order chi connectivity index (χ1) is 6.63. The number of phenols is 2. The molecule has 0 fully saturated rings. The highest BCUT2D eigenvalue weighted by atomic mass is 16.5. The first-order valence-electron chi connectivity index (χ1n) is 3.94. The van der Waals surface area contributed by atoms with E-state index in [1.54, 1.807) is 0 Å². The van der Waals surface area contributed by atoms with E-state index in [1.807, 2.05) is 0 Å². The molecule has 0 radical (unpaired) electrons. The lowest BCUT2D eigenvalue weighted by Gasteiger charge is -2.03. The molecule has 0 aromatic heterocycles. The summed E-state index contributed by atoms with van der Waals surface area (Å²) < 4.78 is 4.58. The Balaban J connectivity index is 2.79. The van der Waals surface area contributed by atoms with E-state index < -0.39 is 5.97 Å². The third-order valence-corrected chi connectivity index (χ3v) is 1.46. The number of phenolic OH excluding ortho intramolecular Hbond substituents is 2. The van der Waals surface area contributed by atoms with Gasteiger partial charge in [0.05, 0.1) is 12.2 Å². The van der Waals surface area contributed by atoms with Crippen molar-refractivity contribution in [2.75, 3.05) is 13.2 Å². The lowest BCUT2D eigenvalue weighted by Crippen LogP contribution is -2.08. The third-order valence-electron chi connectivity index (χ3n) is 1.46. The van der Waals surface area contributed by atoms with Gasteiger partial charge in [-0.1, -0.05) is 0 Å². The van der Waals surface area contributed by atoms with E-state index >= 15 is 0 Å². The van der Waals surface area contributed by atoms with Gasteiger partial charge in [0, 0.05) is 6.07 Å². The Hall–Kier alpha value is -1.75. The summed E-state index contributed by atoms with van der Waals surface area (Å²) in [5.74, 6) is -1.15. The van der Waals surface area contributed by atoms with E-state index in [-0.39, 0.29) is 30.3 Å². The van der Waals surface area contributed by atoms with E-state index in [2.05, 4.69) is 4.74 Å². The van der Waals surface area contributed by atoms with Crippen LogP contribution in [0.3, 0.4) is 0 Å². The Bertz CT molecular complexity index is 314. The van der Waals surface area contributed by atoms with E-state index in [4.69, 9.17) is 15.3 Å². The quantitative estimate of drug-likeness (QED) is 0.606. The maximum absolute atomic E-state index is 11.2. The lowest BCUT2D eigenvalue weighted by molar-refractivity contribution is 0.0433. The Morgan fingerprint density at radius 1 is 1.21 bits per heavy atom. The molecule has 0 aliphatic carbocycles. The van der Waals surface area contributed by atoms with Crippen LogP contribution in [-0.2, 0) is 4.74 Å². The molecule has 1 aromatic rings. The van der Waals surface area contributed by atoms with Crippen LogP contribution in [0, 0.1) is 0 Å². The monoisotopic (exact) mass is 198 g/mol. The normalized spacial score (nSPS) is 9.79. The van der Waals surface area contributed by atoms with Crippen LogP contribution < -0.4 is 0 Å². The van der Waals surface area contributed by atoms with Crippen molar-refractivity contribution < 1.29 is 24.9 Å². The summed E-state index contributed by atoms with van der Waals surface area (Å²) in [5, 5.41) is 26.5. The van der Waals surface area contributed by atoms with Crippen LogP contribution in [0.5, 0.6) is 11.5 Å². The summed E-state index contributed by atoms with van der Waals surface area (Å²) in [6.07, 6.45) is 0. The zero-order valence-corrected chi connectivity index (χ0v) is 7.30. The van der Waals surface area contributed by atoms with Crippen molar-refractivity contribution in [1.29, 1.82) is 0 Å². The largest absolute Gasteiger partial charge is 0.508 e. The van der Waals surface area contributed by atoms with Gasteiger partial charge >= 0.3 is 5.97 Å².